The van der Waals surface area contributed by atoms with Crippen LogP contribution in [0, 0.1) is 13.8 Å². The van der Waals surface area contributed by atoms with Gasteiger partial charge in [-0.3, -0.25) is 9.89 Å². The van der Waals surface area contributed by atoms with E-state index in [9.17, 15) is 4.79 Å². The second-order valence-electron chi connectivity index (χ2n) is 8.98. The summed E-state index contributed by atoms with van der Waals surface area (Å²) in [6.45, 7) is 7.28. The van der Waals surface area contributed by atoms with Crippen molar-refractivity contribution in [3.05, 3.63) is 70.4 Å². The van der Waals surface area contributed by atoms with Crippen molar-refractivity contribution in [3.63, 3.8) is 0 Å². The van der Waals surface area contributed by atoms with Gasteiger partial charge in [-0.1, -0.05) is 30.3 Å². The van der Waals surface area contributed by atoms with Gasteiger partial charge in [-0.25, -0.2) is 9.97 Å². The Kier molecular flexibility index (Phi) is 5.64. The zero-order chi connectivity index (χ0) is 22.1. The highest BCUT2D eigenvalue weighted by molar-refractivity contribution is 5.95. The number of fused-ring (bicyclic) bond motifs is 1. The third kappa shape index (κ3) is 3.99. The fourth-order valence-electron chi connectivity index (χ4n) is 4.96. The van der Waals surface area contributed by atoms with E-state index in [2.05, 4.69) is 52.4 Å². The van der Waals surface area contributed by atoms with E-state index in [-0.39, 0.29) is 11.8 Å². The molecule has 1 atom stereocenters. The highest BCUT2D eigenvalue weighted by Gasteiger charge is 2.30. The monoisotopic (exact) mass is 430 g/mol. The summed E-state index contributed by atoms with van der Waals surface area (Å²) in [5.74, 6) is 2.16. The minimum Gasteiger partial charge on any atom is -0.352 e. The van der Waals surface area contributed by atoms with Gasteiger partial charge in [0.25, 0.3) is 5.91 Å². The van der Waals surface area contributed by atoms with Crippen LogP contribution < -0.4 is 4.90 Å². The number of aromatic amines is 1. The maximum absolute atomic E-state index is 13.0. The van der Waals surface area contributed by atoms with Crippen LogP contribution in [-0.4, -0.2) is 50.6 Å². The first kappa shape index (κ1) is 20.7. The van der Waals surface area contributed by atoms with Crippen molar-refractivity contribution in [2.24, 2.45) is 0 Å². The topological polar surface area (TPSA) is 78.0 Å². The van der Waals surface area contributed by atoms with Crippen LogP contribution in [0.1, 0.15) is 63.9 Å². The van der Waals surface area contributed by atoms with Crippen LogP contribution in [0.5, 0.6) is 0 Å². The molecule has 166 valence electrons. The fourth-order valence-corrected chi connectivity index (χ4v) is 4.96. The highest BCUT2D eigenvalue weighted by atomic mass is 16.2. The van der Waals surface area contributed by atoms with Crippen molar-refractivity contribution in [2.45, 2.75) is 52.0 Å². The van der Waals surface area contributed by atoms with Gasteiger partial charge in [-0.05, 0) is 45.1 Å². The molecule has 2 aliphatic heterocycles. The standard InChI is InChI=1S/C25H30N6O/c1-17-21-11-7-12-30(15-19-8-4-3-5-9-19)24(21)28-23(27-17)20-10-6-13-31(16-20)25(32)22-14-26-29-18(22)2/h3-5,8-9,14,20H,6-7,10-13,15-16H2,1-2H3,(H,26,29). The first-order chi connectivity index (χ1) is 15.6. The number of anilines is 1. The summed E-state index contributed by atoms with van der Waals surface area (Å²) >= 11 is 0. The first-order valence-corrected chi connectivity index (χ1v) is 11.6. The second-order valence-corrected chi connectivity index (χ2v) is 8.98. The summed E-state index contributed by atoms with van der Waals surface area (Å²) in [7, 11) is 0. The third-order valence-electron chi connectivity index (χ3n) is 6.71. The quantitative estimate of drug-likeness (QED) is 0.681. The van der Waals surface area contributed by atoms with Crippen LogP contribution in [0.2, 0.25) is 0 Å². The molecule has 1 unspecified atom stereocenters. The molecule has 1 saturated heterocycles. The van der Waals surface area contributed by atoms with Crippen LogP contribution in [0.15, 0.2) is 36.5 Å². The molecule has 2 aliphatic rings. The second kappa shape index (κ2) is 8.73. The number of H-pyrrole nitrogens is 1. The lowest BCUT2D eigenvalue weighted by Crippen LogP contribution is -2.40. The maximum atomic E-state index is 13.0. The largest absolute Gasteiger partial charge is 0.352 e. The number of nitrogens with one attached hydrogen (secondary N) is 1. The Labute approximate surface area is 188 Å². The van der Waals surface area contributed by atoms with Crippen LogP contribution in [0.25, 0.3) is 0 Å². The maximum Gasteiger partial charge on any atom is 0.257 e. The lowest BCUT2D eigenvalue weighted by molar-refractivity contribution is 0.0704. The smallest absolute Gasteiger partial charge is 0.257 e. The lowest BCUT2D eigenvalue weighted by atomic mass is 9.95. The van der Waals surface area contributed by atoms with E-state index in [1.165, 1.54) is 11.1 Å². The predicted octanol–water partition coefficient (Wildman–Crippen LogP) is 3.79. The van der Waals surface area contributed by atoms with Gasteiger partial charge in [0.1, 0.15) is 11.6 Å². The molecule has 0 saturated carbocycles. The third-order valence-corrected chi connectivity index (χ3v) is 6.71. The Morgan fingerprint density at radius 2 is 1.97 bits per heavy atom. The van der Waals surface area contributed by atoms with Gasteiger partial charge >= 0.3 is 0 Å². The van der Waals surface area contributed by atoms with Gasteiger partial charge in [0.2, 0.25) is 0 Å². The van der Waals surface area contributed by atoms with Crippen LogP contribution >= 0.6 is 0 Å². The minimum absolute atomic E-state index is 0.0429. The summed E-state index contributed by atoms with van der Waals surface area (Å²) < 4.78 is 0. The van der Waals surface area contributed by atoms with E-state index in [4.69, 9.17) is 9.97 Å². The summed E-state index contributed by atoms with van der Waals surface area (Å²) in [5.41, 5.74) is 5.12. The number of hydrogen-bond donors (Lipinski definition) is 1. The van der Waals surface area contributed by atoms with E-state index < -0.39 is 0 Å². The number of amides is 1. The number of carbonyl (C=O) groups excluding carboxylic acids is 1. The molecule has 2 aromatic heterocycles. The number of likely N-dealkylation sites (tertiary alicyclic amines) is 1. The number of aryl methyl sites for hydroxylation is 2. The van der Waals surface area contributed by atoms with E-state index >= 15 is 0 Å². The van der Waals surface area contributed by atoms with Crippen LogP contribution in [-0.2, 0) is 13.0 Å². The van der Waals surface area contributed by atoms with Gasteiger partial charge in [-0.2, -0.15) is 5.10 Å². The lowest BCUT2D eigenvalue weighted by Gasteiger charge is -2.34. The normalized spacial score (nSPS) is 18.5. The van der Waals surface area contributed by atoms with Crippen molar-refractivity contribution in [1.29, 1.82) is 0 Å². The average Bonchev–Trinajstić information content (AvgIpc) is 3.25. The average molecular weight is 431 g/mol. The Bertz CT molecular complexity index is 1110. The molecule has 3 aromatic rings. The number of nitrogens with zero attached hydrogens (tertiary/aromatic N) is 5. The molecule has 0 spiro atoms. The minimum atomic E-state index is 0.0429. The molecule has 0 bridgehead atoms. The Morgan fingerprint density at radius 1 is 1.12 bits per heavy atom. The zero-order valence-corrected chi connectivity index (χ0v) is 18.8. The number of hydrogen-bond acceptors (Lipinski definition) is 5. The van der Waals surface area contributed by atoms with Crippen molar-refractivity contribution in [3.8, 4) is 0 Å². The molecule has 1 fully saturated rings. The number of piperidine rings is 1. The molecule has 7 nitrogen and oxygen atoms in total. The Balaban J connectivity index is 1.40. The van der Waals surface area contributed by atoms with Crippen LogP contribution in [0.3, 0.4) is 0 Å². The number of aromatic nitrogens is 4. The molecule has 1 N–H and O–H groups in total. The summed E-state index contributed by atoms with van der Waals surface area (Å²) in [4.78, 5) is 27.4. The zero-order valence-electron chi connectivity index (χ0n) is 18.8. The molecule has 1 amide bonds. The molecular weight excluding hydrogens is 400 g/mol. The first-order valence-electron chi connectivity index (χ1n) is 11.6. The molecule has 0 radical (unpaired) electrons. The van der Waals surface area contributed by atoms with Crippen molar-refractivity contribution in [2.75, 3.05) is 24.5 Å². The van der Waals surface area contributed by atoms with Gasteiger partial charge in [0, 0.05) is 49.0 Å². The van der Waals surface area contributed by atoms with Gasteiger partial charge in [0.05, 0.1) is 11.8 Å². The van der Waals surface area contributed by atoms with E-state index in [1.807, 2.05) is 11.8 Å². The Hall–Kier alpha value is -3.22. The molecular formula is C25H30N6O. The summed E-state index contributed by atoms with van der Waals surface area (Å²) in [6.07, 6.45) is 5.74. The molecule has 7 heteroatoms. The van der Waals surface area contributed by atoms with Gasteiger partial charge < -0.3 is 9.80 Å². The Morgan fingerprint density at radius 3 is 2.75 bits per heavy atom. The van der Waals surface area contributed by atoms with Gasteiger partial charge in [0.15, 0.2) is 0 Å². The molecule has 5 rings (SSSR count). The molecule has 32 heavy (non-hydrogen) atoms. The molecule has 4 heterocycles. The van der Waals surface area contributed by atoms with E-state index in [0.29, 0.717) is 12.1 Å². The van der Waals surface area contributed by atoms with E-state index in [1.54, 1.807) is 6.20 Å². The SMILES string of the molecule is Cc1nc(C2CCCN(C(=O)c3cn[nH]c3C)C2)nc2c1CCCN2Cc1ccccc1. The van der Waals surface area contributed by atoms with Crippen LogP contribution in [0.4, 0.5) is 5.82 Å². The summed E-state index contributed by atoms with van der Waals surface area (Å²) in [5, 5.41) is 6.88. The fraction of sp³-hybridized carbons (Fsp3) is 0.440. The van der Waals surface area contributed by atoms with Crippen molar-refractivity contribution >= 4 is 11.7 Å². The van der Waals surface area contributed by atoms with Gasteiger partial charge in [-0.15, -0.1) is 0 Å². The van der Waals surface area contributed by atoms with Crippen molar-refractivity contribution < 1.29 is 4.79 Å². The van der Waals surface area contributed by atoms with Crippen molar-refractivity contribution in [1.82, 2.24) is 25.1 Å². The highest BCUT2D eigenvalue weighted by Crippen LogP contribution is 2.32. The number of rotatable bonds is 4. The summed E-state index contributed by atoms with van der Waals surface area (Å²) in [6, 6.07) is 10.6. The number of benzene rings is 1. The molecule has 1 aromatic carbocycles. The molecule has 0 aliphatic carbocycles. The van der Waals surface area contributed by atoms with E-state index in [0.717, 1.165) is 68.3 Å². The predicted molar refractivity (Wildman–Crippen MR) is 124 cm³/mol. The number of carbonyl (C=O) groups is 1.